The molecule has 31 heavy (non-hydrogen) atoms. The summed E-state index contributed by atoms with van der Waals surface area (Å²) in [5.41, 5.74) is 5.81. The van der Waals surface area contributed by atoms with E-state index in [0.29, 0.717) is 24.2 Å². The maximum atomic E-state index is 14.6. The van der Waals surface area contributed by atoms with Gasteiger partial charge in [-0.25, -0.2) is 8.78 Å². The fraction of sp³-hybridized carbons (Fsp3) is 0.269. The molecular formula is C26H23F2NO2. The van der Waals surface area contributed by atoms with Crippen molar-refractivity contribution in [2.75, 3.05) is 11.9 Å². The Morgan fingerprint density at radius 1 is 1.16 bits per heavy atom. The zero-order chi connectivity index (χ0) is 21.5. The standard InChI is InChI=1S/C26H23F2NO2/c1-2-16-12-17-7-6-15(11-24(17)29-26(16)30)10-21-19-4-3-5-23(28)22(19)14-31-25-13-18(27)8-9-20(21)25/h5-11,13,16H,2-4,12,14H2,1H3,(H,29,30)/b21-10+/t16-/m0/s1. The van der Waals surface area contributed by atoms with Crippen molar-refractivity contribution >= 4 is 23.2 Å². The number of nitrogens with one attached hydrogen (secondary N) is 1. The highest BCUT2D eigenvalue weighted by Gasteiger charge is 2.27. The fourth-order valence-electron chi connectivity index (χ4n) is 4.60. The van der Waals surface area contributed by atoms with Crippen LogP contribution < -0.4 is 10.1 Å². The van der Waals surface area contributed by atoms with Crippen LogP contribution >= 0.6 is 0 Å². The van der Waals surface area contributed by atoms with Gasteiger partial charge < -0.3 is 10.1 Å². The Bertz CT molecular complexity index is 1180. The van der Waals surface area contributed by atoms with Gasteiger partial charge in [0, 0.05) is 28.8 Å². The van der Waals surface area contributed by atoms with Crippen LogP contribution in [0.5, 0.6) is 5.75 Å². The number of rotatable bonds is 2. The van der Waals surface area contributed by atoms with Crippen LogP contribution in [0.2, 0.25) is 0 Å². The summed E-state index contributed by atoms with van der Waals surface area (Å²) >= 11 is 0. The van der Waals surface area contributed by atoms with Gasteiger partial charge in [0.2, 0.25) is 5.91 Å². The van der Waals surface area contributed by atoms with Crippen LogP contribution in [0.4, 0.5) is 14.5 Å². The minimum Gasteiger partial charge on any atom is -0.488 e. The molecule has 0 spiro atoms. The predicted molar refractivity (Wildman–Crippen MR) is 118 cm³/mol. The third kappa shape index (κ3) is 3.58. The Hall–Kier alpha value is -3.21. The number of fused-ring (bicyclic) bond motifs is 2. The number of hydrogen-bond donors (Lipinski definition) is 1. The molecule has 0 aromatic heterocycles. The summed E-state index contributed by atoms with van der Waals surface area (Å²) < 4.78 is 34.3. The maximum Gasteiger partial charge on any atom is 0.227 e. The second-order valence-electron chi connectivity index (χ2n) is 8.25. The first-order valence-corrected chi connectivity index (χ1v) is 10.7. The lowest BCUT2D eigenvalue weighted by Gasteiger charge is -2.24. The first-order chi connectivity index (χ1) is 15.0. The Morgan fingerprint density at radius 2 is 2.03 bits per heavy atom. The van der Waals surface area contributed by atoms with Crippen molar-refractivity contribution < 1.29 is 18.3 Å². The van der Waals surface area contributed by atoms with Crippen LogP contribution in [0.3, 0.4) is 0 Å². The number of carbonyl (C=O) groups is 1. The number of amides is 1. The first kappa shape index (κ1) is 19.7. The Kier molecular flexibility index (Phi) is 4.97. The van der Waals surface area contributed by atoms with E-state index >= 15 is 0 Å². The van der Waals surface area contributed by atoms with Gasteiger partial charge in [-0.15, -0.1) is 0 Å². The second kappa shape index (κ2) is 7.80. The van der Waals surface area contributed by atoms with Crippen LogP contribution in [0, 0.1) is 11.7 Å². The number of halogens is 2. The fourth-order valence-corrected chi connectivity index (χ4v) is 4.60. The van der Waals surface area contributed by atoms with Gasteiger partial charge in [-0.1, -0.05) is 19.1 Å². The molecule has 5 rings (SSSR count). The molecule has 2 aromatic carbocycles. The molecule has 0 unspecified atom stereocenters. The van der Waals surface area contributed by atoms with Gasteiger partial charge in [-0.2, -0.15) is 0 Å². The van der Waals surface area contributed by atoms with Crippen LogP contribution in [0.15, 0.2) is 59.4 Å². The van der Waals surface area contributed by atoms with Crippen molar-refractivity contribution in [1.29, 1.82) is 0 Å². The Morgan fingerprint density at radius 3 is 2.87 bits per heavy atom. The molecular weight excluding hydrogens is 396 g/mol. The zero-order valence-corrected chi connectivity index (χ0v) is 17.3. The lowest BCUT2D eigenvalue weighted by Crippen LogP contribution is -2.29. The highest BCUT2D eigenvalue weighted by atomic mass is 19.1. The molecule has 5 heteroatoms. The summed E-state index contributed by atoms with van der Waals surface area (Å²) in [6, 6.07) is 10.4. The van der Waals surface area contributed by atoms with E-state index < -0.39 is 5.82 Å². The summed E-state index contributed by atoms with van der Waals surface area (Å²) in [6.45, 7) is 2.09. The molecule has 2 heterocycles. The molecule has 2 aliphatic heterocycles. The van der Waals surface area contributed by atoms with Crippen LogP contribution in [-0.4, -0.2) is 12.5 Å². The maximum absolute atomic E-state index is 14.6. The normalized spacial score (nSPS) is 21.4. The summed E-state index contributed by atoms with van der Waals surface area (Å²) in [5, 5.41) is 3.02. The van der Waals surface area contributed by atoms with Crippen LogP contribution in [-0.2, 0) is 11.2 Å². The monoisotopic (exact) mass is 419 g/mol. The van der Waals surface area contributed by atoms with E-state index in [1.807, 2.05) is 31.2 Å². The van der Waals surface area contributed by atoms with Gasteiger partial charge in [0.05, 0.1) is 0 Å². The van der Waals surface area contributed by atoms with Gasteiger partial charge >= 0.3 is 0 Å². The van der Waals surface area contributed by atoms with E-state index in [-0.39, 0.29) is 24.3 Å². The molecule has 1 aliphatic carbocycles. The summed E-state index contributed by atoms with van der Waals surface area (Å²) in [5.74, 6) is -0.208. The molecule has 0 saturated carbocycles. The van der Waals surface area contributed by atoms with Crippen LogP contribution in [0.25, 0.3) is 11.6 Å². The van der Waals surface area contributed by atoms with Crippen molar-refractivity contribution in [3.8, 4) is 5.75 Å². The molecule has 0 radical (unpaired) electrons. The van der Waals surface area contributed by atoms with E-state index in [4.69, 9.17) is 4.74 Å². The average molecular weight is 419 g/mol. The molecule has 1 atom stereocenters. The van der Waals surface area contributed by atoms with Crippen molar-refractivity contribution in [1.82, 2.24) is 0 Å². The molecule has 2 aromatic rings. The van der Waals surface area contributed by atoms with E-state index in [2.05, 4.69) is 5.32 Å². The minimum atomic E-state index is -0.393. The topological polar surface area (TPSA) is 38.3 Å². The summed E-state index contributed by atoms with van der Waals surface area (Å²) in [6.07, 6.45) is 6.40. The number of anilines is 1. The quantitative estimate of drug-likeness (QED) is 0.627. The van der Waals surface area contributed by atoms with Crippen LogP contribution in [0.1, 0.15) is 42.9 Å². The molecule has 1 amide bonds. The largest absolute Gasteiger partial charge is 0.488 e. The summed E-state index contributed by atoms with van der Waals surface area (Å²) in [7, 11) is 0. The van der Waals surface area contributed by atoms with Gasteiger partial charge in [0.1, 0.15) is 24.0 Å². The van der Waals surface area contributed by atoms with Gasteiger partial charge in [0.25, 0.3) is 0 Å². The number of hydrogen-bond acceptors (Lipinski definition) is 2. The molecule has 0 saturated heterocycles. The number of ether oxygens (including phenoxy) is 1. The molecule has 0 fully saturated rings. The van der Waals surface area contributed by atoms with Crippen molar-refractivity contribution in [2.45, 2.75) is 32.6 Å². The van der Waals surface area contributed by atoms with Crippen molar-refractivity contribution in [2.24, 2.45) is 5.92 Å². The van der Waals surface area contributed by atoms with Gasteiger partial charge in [0.15, 0.2) is 0 Å². The SMILES string of the molecule is CC[C@H]1Cc2ccc(/C=C3\C4=C(COc5cc(F)ccc53)C(F)=CCC4)cc2NC1=O. The highest BCUT2D eigenvalue weighted by molar-refractivity contribution is 5.98. The third-order valence-electron chi connectivity index (χ3n) is 6.33. The molecule has 1 N–H and O–H groups in total. The first-order valence-electron chi connectivity index (χ1n) is 10.7. The van der Waals surface area contributed by atoms with Crippen molar-refractivity contribution in [3.05, 3.63) is 82.0 Å². The summed E-state index contributed by atoms with van der Waals surface area (Å²) in [4.78, 5) is 12.3. The van der Waals surface area contributed by atoms with Gasteiger partial charge in [-0.3, -0.25) is 4.79 Å². The Balaban J connectivity index is 1.63. The Labute approximate surface area is 180 Å². The van der Waals surface area contributed by atoms with E-state index in [9.17, 15) is 13.6 Å². The smallest absolute Gasteiger partial charge is 0.227 e. The lowest BCUT2D eigenvalue weighted by atomic mass is 9.86. The second-order valence-corrected chi connectivity index (χ2v) is 8.25. The van der Waals surface area contributed by atoms with E-state index in [1.165, 1.54) is 12.1 Å². The van der Waals surface area contributed by atoms with E-state index in [0.717, 1.165) is 46.4 Å². The molecule has 158 valence electrons. The zero-order valence-electron chi connectivity index (χ0n) is 17.3. The molecule has 3 nitrogen and oxygen atoms in total. The minimum absolute atomic E-state index is 0.00204. The van der Waals surface area contributed by atoms with Gasteiger partial charge in [-0.05, 0) is 78.3 Å². The number of allylic oxidation sites excluding steroid dienone is 3. The average Bonchev–Trinajstić information content (AvgIpc) is 2.91. The van der Waals surface area contributed by atoms with Crippen molar-refractivity contribution in [3.63, 3.8) is 0 Å². The van der Waals surface area contributed by atoms with E-state index in [1.54, 1.807) is 12.1 Å². The highest BCUT2D eigenvalue weighted by Crippen LogP contribution is 2.43. The predicted octanol–water partition coefficient (Wildman–Crippen LogP) is 6.22. The number of benzene rings is 2. The number of carbonyl (C=O) groups excluding carboxylic acids is 1. The molecule has 3 aliphatic rings. The third-order valence-corrected chi connectivity index (χ3v) is 6.33. The molecule has 0 bridgehead atoms. The lowest BCUT2D eigenvalue weighted by molar-refractivity contribution is -0.120.